The van der Waals surface area contributed by atoms with Gasteiger partial charge in [-0.05, 0) is 19.3 Å². The van der Waals surface area contributed by atoms with Crippen molar-refractivity contribution in [3.05, 3.63) is 0 Å². The van der Waals surface area contributed by atoms with Gasteiger partial charge in [0.15, 0.2) is 0 Å². The van der Waals surface area contributed by atoms with Crippen LogP contribution >= 0.6 is 0 Å². The van der Waals surface area contributed by atoms with E-state index in [2.05, 4.69) is 0 Å². The molecule has 0 aromatic carbocycles. The number of aliphatic carboxylic acids is 1. The van der Waals surface area contributed by atoms with Gasteiger partial charge in [0.25, 0.3) is 0 Å². The molecule has 0 bridgehead atoms. The van der Waals surface area contributed by atoms with E-state index >= 15 is 0 Å². The molecule has 2 amide bonds. The van der Waals surface area contributed by atoms with Crippen LogP contribution in [-0.4, -0.2) is 71.1 Å². The number of carbonyl (C=O) groups is 3. The molecule has 7 heteroatoms. The summed E-state index contributed by atoms with van der Waals surface area (Å²) in [4.78, 5) is 39.8. The SMILES string of the molecule is COC1CC(CC(=O)O)N(C(=O)C2CC(=O)N(C3CCCC3)C2)C1. The predicted octanol–water partition coefficient (Wildman–Crippen LogP) is 0.868. The van der Waals surface area contributed by atoms with Gasteiger partial charge in [-0.1, -0.05) is 12.8 Å². The first-order chi connectivity index (χ1) is 11.5. The average Bonchev–Trinajstić information content (AvgIpc) is 3.24. The molecule has 1 saturated carbocycles. The molecule has 1 aliphatic carbocycles. The second kappa shape index (κ2) is 7.09. The predicted molar refractivity (Wildman–Crippen MR) is 85.2 cm³/mol. The summed E-state index contributed by atoms with van der Waals surface area (Å²) in [6, 6.07) is -0.0500. The van der Waals surface area contributed by atoms with E-state index in [1.807, 2.05) is 4.90 Å². The van der Waals surface area contributed by atoms with Crippen molar-refractivity contribution >= 4 is 17.8 Å². The minimum Gasteiger partial charge on any atom is -0.481 e. The van der Waals surface area contributed by atoms with Gasteiger partial charge >= 0.3 is 5.97 Å². The molecule has 3 rings (SSSR count). The van der Waals surface area contributed by atoms with Gasteiger partial charge in [0.05, 0.1) is 18.4 Å². The molecule has 2 saturated heterocycles. The summed E-state index contributed by atoms with van der Waals surface area (Å²) in [6.07, 6.45) is 4.96. The van der Waals surface area contributed by atoms with Crippen molar-refractivity contribution in [1.29, 1.82) is 0 Å². The average molecular weight is 338 g/mol. The number of hydrogen-bond acceptors (Lipinski definition) is 4. The van der Waals surface area contributed by atoms with E-state index in [9.17, 15) is 14.4 Å². The second-order valence-corrected chi connectivity index (χ2v) is 7.22. The van der Waals surface area contributed by atoms with Gasteiger partial charge in [0.2, 0.25) is 11.8 Å². The molecule has 3 aliphatic rings. The highest BCUT2D eigenvalue weighted by Crippen LogP contribution is 2.32. The van der Waals surface area contributed by atoms with Gasteiger partial charge in [-0.2, -0.15) is 0 Å². The third kappa shape index (κ3) is 3.41. The van der Waals surface area contributed by atoms with E-state index in [1.165, 1.54) is 0 Å². The van der Waals surface area contributed by atoms with Crippen LogP contribution in [0.25, 0.3) is 0 Å². The number of ether oxygens (including phenoxy) is 1. The first kappa shape index (κ1) is 17.2. The van der Waals surface area contributed by atoms with Crippen molar-refractivity contribution in [2.45, 2.75) is 63.1 Å². The molecule has 0 aromatic rings. The van der Waals surface area contributed by atoms with E-state index in [4.69, 9.17) is 9.84 Å². The second-order valence-electron chi connectivity index (χ2n) is 7.22. The van der Waals surface area contributed by atoms with Gasteiger partial charge in [-0.25, -0.2) is 0 Å². The van der Waals surface area contributed by atoms with Gasteiger partial charge in [0.1, 0.15) is 0 Å². The summed E-state index contributed by atoms with van der Waals surface area (Å²) in [6.45, 7) is 0.900. The fourth-order valence-corrected chi connectivity index (χ4v) is 4.41. The maximum absolute atomic E-state index is 12.9. The molecular weight excluding hydrogens is 312 g/mol. The van der Waals surface area contributed by atoms with Crippen molar-refractivity contribution in [1.82, 2.24) is 9.80 Å². The van der Waals surface area contributed by atoms with Crippen LogP contribution in [0.1, 0.15) is 44.9 Å². The smallest absolute Gasteiger partial charge is 0.305 e. The number of likely N-dealkylation sites (tertiary alicyclic amines) is 2. The zero-order valence-corrected chi connectivity index (χ0v) is 14.1. The quantitative estimate of drug-likeness (QED) is 0.804. The highest BCUT2D eigenvalue weighted by atomic mass is 16.5. The Labute approximate surface area is 141 Å². The number of nitrogens with zero attached hydrogens (tertiary/aromatic N) is 2. The van der Waals surface area contributed by atoms with Crippen LogP contribution in [0.2, 0.25) is 0 Å². The van der Waals surface area contributed by atoms with Gasteiger partial charge in [0, 0.05) is 38.7 Å². The largest absolute Gasteiger partial charge is 0.481 e. The molecule has 7 nitrogen and oxygen atoms in total. The van der Waals surface area contributed by atoms with E-state index in [0.29, 0.717) is 19.5 Å². The third-order valence-corrected chi connectivity index (χ3v) is 5.68. The Kier molecular flexibility index (Phi) is 5.08. The minimum absolute atomic E-state index is 0.0672. The van der Waals surface area contributed by atoms with Crippen molar-refractivity contribution in [2.75, 3.05) is 20.2 Å². The number of carboxylic acid groups (broad SMARTS) is 1. The van der Waals surface area contributed by atoms with Gasteiger partial charge < -0.3 is 19.6 Å². The Morgan fingerprint density at radius 1 is 1.25 bits per heavy atom. The standard InChI is InChI=1S/C17H26N2O5/c1-24-14-7-13(8-16(21)22)19(10-14)17(23)11-6-15(20)18(9-11)12-4-2-3-5-12/h11-14H,2-10H2,1H3,(H,21,22). The van der Waals surface area contributed by atoms with Crippen molar-refractivity contribution in [3.63, 3.8) is 0 Å². The lowest BCUT2D eigenvalue weighted by molar-refractivity contribution is -0.141. The number of carboxylic acids is 1. The molecule has 2 aliphatic heterocycles. The fraction of sp³-hybridized carbons (Fsp3) is 0.824. The lowest BCUT2D eigenvalue weighted by Gasteiger charge is -2.27. The highest BCUT2D eigenvalue weighted by molar-refractivity contribution is 5.90. The van der Waals surface area contributed by atoms with Crippen LogP contribution in [0.5, 0.6) is 0 Å². The number of amides is 2. The van der Waals surface area contributed by atoms with Crippen LogP contribution in [0, 0.1) is 5.92 Å². The summed E-state index contributed by atoms with van der Waals surface area (Å²) < 4.78 is 5.33. The Morgan fingerprint density at radius 2 is 1.96 bits per heavy atom. The molecule has 24 heavy (non-hydrogen) atoms. The van der Waals surface area contributed by atoms with Crippen LogP contribution < -0.4 is 0 Å². The number of hydrogen-bond donors (Lipinski definition) is 1. The zero-order valence-electron chi connectivity index (χ0n) is 14.1. The number of rotatable bonds is 5. The van der Waals surface area contributed by atoms with E-state index < -0.39 is 5.97 Å². The van der Waals surface area contributed by atoms with Crippen LogP contribution in [0.4, 0.5) is 0 Å². The van der Waals surface area contributed by atoms with Crippen molar-refractivity contribution in [2.24, 2.45) is 5.92 Å². The van der Waals surface area contributed by atoms with Crippen LogP contribution in [0.15, 0.2) is 0 Å². The molecule has 3 unspecified atom stereocenters. The van der Waals surface area contributed by atoms with Crippen LogP contribution in [-0.2, 0) is 19.1 Å². The number of carbonyl (C=O) groups excluding carboxylic acids is 2. The topological polar surface area (TPSA) is 87.1 Å². The molecular formula is C17H26N2O5. The van der Waals surface area contributed by atoms with Crippen molar-refractivity contribution < 1.29 is 24.2 Å². The summed E-state index contributed by atoms with van der Waals surface area (Å²) in [5, 5.41) is 9.08. The number of methoxy groups -OCH3 is 1. The first-order valence-corrected chi connectivity index (χ1v) is 8.84. The van der Waals surface area contributed by atoms with Crippen LogP contribution in [0.3, 0.4) is 0 Å². The summed E-state index contributed by atoms with van der Waals surface area (Å²) in [5.74, 6) is -1.28. The van der Waals surface area contributed by atoms with Gasteiger partial charge in [-0.15, -0.1) is 0 Å². The highest BCUT2D eigenvalue weighted by Gasteiger charge is 2.44. The first-order valence-electron chi connectivity index (χ1n) is 8.84. The lowest BCUT2D eigenvalue weighted by atomic mass is 10.1. The molecule has 3 atom stereocenters. The molecule has 134 valence electrons. The fourth-order valence-electron chi connectivity index (χ4n) is 4.41. The maximum Gasteiger partial charge on any atom is 0.305 e. The molecule has 2 heterocycles. The summed E-state index contributed by atoms with van der Waals surface area (Å²) in [7, 11) is 1.58. The molecule has 0 aromatic heterocycles. The molecule has 0 spiro atoms. The maximum atomic E-state index is 12.9. The molecule has 3 fully saturated rings. The van der Waals surface area contributed by atoms with Crippen molar-refractivity contribution in [3.8, 4) is 0 Å². The van der Waals surface area contributed by atoms with E-state index in [1.54, 1.807) is 12.0 Å². The Bertz CT molecular complexity index is 517. The zero-order chi connectivity index (χ0) is 17.3. The minimum atomic E-state index is -0.912. The summed E-state index contributed by atoms with van der Waals surface area (Å²) >= 11 is 0. The Balaban J connectivity index is 1.66. The molecule has 0 radical (unpaired) electrons. The van der Waals surface area contributed by atoms with E-state index in [-0.39, 0.29) is 48.8 Å². The monoisotopic (exact) mass is 338 g/mol. The Morgan fingerprint density at radius 3 is 2.58 bits per heavy atom. The lowest BCUT2D eigenvalue weighted by Crippen LogP contribution is -2.42. The van der Waals surface area contributed by atoms with Gasteiger partial charge in [-0.3, -0.25) is 14.4 Å². The normalized spacial score (nSPS) is 31.2. The third-order valence-electron chi connectivity index (χ3n) is 5.68. The van der Waals surface area contributed by atoms with E-state index in [0.717, 1.165) is 25.7 Å². The Hall–Kier alpha value is -1.63. The summed E-state index contributed by atoms with van der Waals surface area (Å²) in [5.41, 5.74) is 0. The molecule has 1 N–H and O–H groups in total.